The van der Waals surface area contributed by atoms with Crippen molar-refractivity contribution < 1.29 is 32.2 Å². The number of hydrogen-bond acceptors (Lipinski definition) is 5. The number of nitrogens with one attached hydrogen (secondary N) is 1. The summed E-state index contributed by atoms with van der Waals surface area (Å²) < 4.78 is 54.7. The third-order valence-electron chi connectivity index (χ3n) is 6.54. The van der Waals surface area contributed by atoms with Crippen molar-refractivity contribution in [2.24, 2.45) is 5.92 Å². The molecular formula is C25H29F3N2O4. The molecule has 34 heavy (non-hydrogen) atoms. The molecule has 1 saturated heterocycles. The molecule has 6 nitrogen and oxygen atoms in total. The molecule has 1 amide bonds. The average Bonchev–Trinajstić information content (AvgIpc) is 3.65. The molecule has 1 aliphatic carbocycles. The van der Waals surface area contributed by atoms with Gasteiger partial charge < -0.3 is 19.5 Å². The smallest absolute Gasteiger partial charge is 0.416 e. The highest BCUT2D eigenvalue weighted by atomic mass is 19.4. The minimum atomic E-state index is -4.36. The van der Waals surface area contributed by atoms with Gasteiger partial charge in [-0.3, -0.25) is 9.69 Å². The first-order valence-electron chi connectivity index (χ1n) is 11.3. The zero-order valence-corrected chi connectivity index (χ0v) is 19.2. The van der Waals surface area contributed by atoms with Crippen LogP contribution in [0.4, 0.5) is 13.2 Å². The second kappa shape index (κ2) is 10.2. The van der Waals surface area contributed by atoms with Crippen molar-refractivity contribution in [1.29, 1.82) is 0 Å². The number of methoxy groups -OCH3 is 2. The highest BCUT2D eigenvalue weighted by molar-refractivity contribution is 5.83. The van der Waals surface area contributed by atoms with Gasteiger partial charge in [0.05, 0.1) is 39.0 Å². The minimum absolute atomic E-state index is 0.0507. The molecule has 0 bridgehead atoms. The number of carbonyl (C=O) groups is 1. The summed E-state index contributed by atoms with van der Waals surface area (Å²) in [6.07, 6.45) is -3.73. The summed E-state index contributed by atoms with van der Waals surface area (Å²) in [5.74, 6) is 0.892. The summed E-state index contributed by atoms with van der Waals surface area (Å²) in [6.45, 7) is 3.14. The second-order valence-corrected chi connectivity index (χ2v) is 8.59. The van der Waals surface area contributed by atoms with Gasteiger partial charge in [-0.2, -0.15) is 13.2 Å². The standard InChI is InChI=1S/C25H29F3N2O4/c1-32-22-8-5-17(13-23(22)33-2)21(30-9-11-34-12-10-30)15-29-24(31)20-14-19(20)16-3-6-18(7-4-16)25(26,27)28/h3-8,13,19-21H,9-12,14-15H2,1-2H3,(H,29,31). The van der Waals surface area contributed by atoms with Gasteiger partial charge in [0.1, 0.15) is 0 Å². The maximum Gasteiger partial charge on any atom is 0.416 e. The van der Waals surface area contributed by atoms with E-state index in [-0.39, 0.29) is 23.8 Å². The molecule has 3 atom stereocenters. The monoisotopic (exact) mass is 478 g/mol. The number of amides is 1. The van der Waals surface area contributed by atoms with E-state index in [1.54, 1.807) is 14.2 Å². The molecule has 184 valence electrons. The Kier molecular flexibility index (Phi) is 7.33. The predicted octanol–water partition coefficient (Wildman–Crippen LogP) is 4.02. The van der Waals surface area contributed by atoms with Gasteiger partial charge in [0.15, 0.2) is 11.5 Å². The minimum Gasteiger partial charge on any atom is -0.493 e. The van der Waals surface area contributed by atoms with Gasteiger partial charge in [-0.25, -0.2) is 0 Å². The van der Waals surface area contributed by atoms with Gasteiger partial charge in [0, 0.05) is 25.6 Å². The van der Waals surface area contributed by atoms with Crippen LogP contribution in [0, 0.1) is 5.92 Å². The number of ether oxygens (including phenoxy) is 3. The van der Waals surface area contributed by atoms with Crippen LogP contribution >= 0.6 is 0 Å². The predicted molar refractivity (Wildman–Crippen MR) is 120 cm³/mol. The quantitative estimate of drug-likeness (QED) is 0.621. The van der Waals surface area contributed by atoms with Gasteiger partial charge in [-0.1, -0.05) is 18.2 Å². The summed E-state index contributed by atoms with van der Waals surface area (Å²) in [5.41, 5.74) is 1.08. The Bertz CT molecular complexity index is 991. The third-order valence-corrected chi connectivity index (χ3v) is 6.54. The van der Waals surface area contributed by atoms with Crippen LogP contribution in [0.1, 0.15) is 35.1 Å². The van der Waals surface area contributed by atoms with Crippen LogP contribution in [0.5, 0.6) is 11.5 Å². The van der Waals surface area contributed by atoms with E-state index in [1.807, 2.05) is 18.2 Å². The van der Waals surface area contributed by atoms with Crippen LogP contribution in [-0.4, -0.2) is 57.9 Å². The lowest BCUT2D eigenvalue weighted by Gasteiger charge is -2.35. The molecule has 2 aromatic carbocycles. The van der Waals surface area contributed by atoms with Gasteiger partial charge in [-0.05, 0) is 47.7 Å². The number of nitrogens with zero attached hydrogens (tertiary/aromatic N) is 1. The highest BCUT2D eigenvalue weighted by Gasteiger charge is 2.44. The number of carbonyl (C=O) groups excluding carboxylic acids is 1. The molecule has 1 saturated carbocycles. The van der Waals surface area contributed by atoms with Crippen LogP contribution in [0.2, 0.25) is 0 Å². The molecule has 2 aromatic rings. The largest absolute Gasteiger partial charge is 0.493 e. The highest BCUT2D eigenvalue weighted by Crippen LogP contribution is 2.48. The molecule has 9 heteroatoms. The summed E-state index contributed by atoms with van der Waals surface area (Å²) in [4.78, 5) is 15.1. The van der Waals surface area contributed by atoms with Crippen molar-refractivity contribution in [3.05, 3.63) is 59.2 Å². The zero-order valence-electron chi connectivity index (χ0n) is 19.2. The molecule has 3 unspecified atom stereocenters. The first-order valence-corrected chi connectivity index (χ1v) is 11.3. The lowest BCUT2D eigenvalue weighted by Crippen LogP contribution is -2.44. The van der Waals surface area contributed by atoms with E-state index in [2.05, 4.69) is 10.2 Å². The normalized spacial score (nSPS) is 21.6. The van der Waals surface area contributed by atoms with E-state index in [9.17, 15) is 18.0 Å². The Morgan fingerprint density at radius 1 is 1.09 bits per heavy atom. The van der Waals surface area contributed by atoms with E-state index in [4.69, 9.17) is 14.2 Å². The van der Waals surface area contributed by atoms with Crippen molar-refractivity contribution in [2.45, 2.75) is 24.6 Å². The van der Waals surface area contributed by atoms with E-state index in [1.165, 1.54) is 12.1 Å². The molecule has 0 aromatic heterocycles. The maximum atomic E-state index is 12.9. The van der Waals surface area contributed by atoms with Crippen molar-refractivity contribution in [2.75, 3.05) is 47.1 Å². The summed E-state index contributed by atoms with van der Waals surface area (Å²) in [7, 11) is 3.17. The van der Waals surface area contributed by atoms with Gasteiger partial charge in [0.25, 0.3) is 0 Å². The Hall–Kier alpha value is -2.78. The molecule has 1 heterocycles. The van der Waals surface area contributed by atoms with Crippen LogP contribution in [-0.2, 0) is 15.7 Å². The fourth-order valence-electron chi connectivity index (χ4n) is 4.51. The van der Waals surface area contributed by atoms with Crippen LogP contribution in [0.25, 0.3) is 0 Å². The molecular weight excluding hydrogens is 449 g/mol. The Morgan fingerprint density at radius 2 is 1.76 bits per heavy atom. The molecule has 2 fully saturated rings. The average molecular weight is 479 g/mol. The van der Waals surface area contributed by atoms with Crippen molar-refractivity contribution >= 4 is 5.91 Å². The lowest BCUT2D eigenvalue weighted by atomic mass is 10.0. The number of alkyl halides is 3. The SMILES string of the molecule is COc1ccc(C(CNC(=O)C2CC2c2ccc(C(F)(F)F)cc2)N2CCOCC2)cc1OC. The molecule has 1 N–H and O–H groups in total. The van der Waals surface area contributed by atoms with Crippen molar-refractivity contribution in [3.8, 4) is 11.5 Å². The number of rotatable bonds is 8. The van der Waals surface area contributed by atoms with E-state index >= 15 is 0 Å². The maximum absolute atomic E-state index is 12.9. The fraction of sp³-hybridized carbons (Fsp3) is 0.480. The summed E-state index contributed by atoms with van der Waals surface area (Å²) >= 11 is 0. The fourth-order valence-corrected chi connectivity index (χ4v) is 4.51. The lowest BCUT2D eigenvalue weighted by molar-refractivity contribution is -0.137. The number of halogens is 3. The number of morpholine rings is 1. The first kappa shape index (κ1) is 24.3. The van der Waals surface area contributed by atoms with Crippen LogP contribution in [0.3, 0.4) is 0 Å². The van der Waals surface area contributed by atoms with E-state index in [0.29, 0.717) is 37.7 Å². The molecule has 4 rings (SSSR count). The van der Waals surface area contributed by atoms with Crippen LogP contribution in [0.15, 0.2) is 42.5 Å². The molecule has 2 aliphatic rings. The van der Waals surface area contributed by atoms with Crippen LogP contribution < -0.4 is 14.8 Å². The second-order valence-electron chi connectivity index (χ2n) is 8.59. The number of benzene rings is 2. The summed E-state index contributed by atoms with van der Waals surface area (Å²) in [5, 5.41) is 3.07. The van der Waals surface area contributed by atoms with Gasteiger partial charge in [0.2, 0.25) is 5.91 Å². The Balaban J connectivity index is 1.42. The summed E-state index contributed by atoms with van der Waals surface area (Å²) in [6, 6.07) is 10.8. The van der Waals surface area contributed by atoms with Gasteiger partial charge in [-0.15, -0.1) is 0 Å². The molecule has 0 radical (unpaired) electrons. The van der Waals surface area contributed by atoms with E-state index in [0.717, 1.165) is 36.3 Å². The van der Waals surface area contributed by atoms with Crippen molar-refractivity contribution in [1.82, 2.24) is 10.2 Å². The topological polar surface area (TPSA) is 60.0 Å². The van der Waals surface area contributed by atoms with Gasteiger partial charge >= 0.3 is 6.18 Å². The first-order chi connectivity index (χ1) is 16.3. The Morgan fingerprint density at radius 3 is 2.38 bits per heavy atom. The molecule has 1 aliphatic heterocycles. The van der Waals surface area contributed by atoms with Crippen molar-refractivity contribution in [3.63, 3.8) is 0 Å². The zero-order chi connectivity index (χ0) is 24.3. The molecule has 0 spiro atoms. The Labute approximate surface area is 197 Å². The number of hydrogen-bond donors (Lipinski definition) is 1. The van der Waals surface area contributed by atoms with E-state index < -0.39 is 11.7 Å². The third kappa shape index (κ3) is 5.47.